The summed E-state index contributed by atoms with van der Waals surface area (Å²) in [5.74, 6) is 0.0289. The summed E-state index contributed by atoms with van der Waals surface area (Å²) in [7, 11) is 1.78. The molecule has 4 heteroatoms. The van der Waals surface area contributed by atoms with E-state index in [9.17, 15) is 4.79 Å². The molecule has 0 saturated carbocycles. The third-order valence-electron chi connectivity index (χ3n) is 3.17. The van der Waals surface area contributed by atoms with Crippen LogP contribution in [0, 0.1) is 6.92 Å². The van der Waals surface area contributed by atoms with Gasteiger partial charge in [0.05, 0.1) is 12.6 Å². The zero-order valence-electron chi connectivity index (χ0n) is 11.8. The predicted octanol–water partition coefficient (Wildman–Crippen LogP) is 2.68. The van der Waals surface area contributed by atoms with E-state index in [-0.39, 0.29) is 11.9 Å². The topological polar surface area (TPSA) is 41.1 Å². The molecule has 2 aromatic rings. The summed E-state index contributed by atoms with van der Waals surface area (Å²) in [6.07, 6.45) is 0.817. The van der Waals surface area contributed by atoms with E-state index in [1.807, 2.05) is 18.2 Å². The van der Waals surface area contributed by atoms with Crippen LogP contribution in [0.5, 0.6) is 0 Å². The van der Waals surface area contributed by atoms with Gasteiger partial charge in [0.2, 0.25) is 5.91 Å². The van der Waals surface area contributed by atoms with Gasteiger partial charge in [-0.2, -0.15) is 0 Å². The molecule has 1 heterocycles. The first-order valence-corrected chi connectivity index (χ1v) is 7.60. The maximum absolute atomic E-state index is 11.9. The molecule has 1 atom stereocenters. The second-order valence-electron chi connectivity index (χ2n) is 4.81. The molecule has 106 valence electrons. The van der Waals surface area contributed by atoms with Crippen molar-refractivity contribution in [3.05, 3.63) is 57.8 Å². The fraction of sp³-hybridized carbons (Fsp3) is 0.312. The second-order valence-corrected chi connectivity index (χ2v) is 5.76. The SMILES string of the molecule is CNCC(=O)NC(Cc1ccccc1)c1sccc1C. The van der Waals surface area contributed by atoms with Crippen LogP contribution in [0.4, 0.5) is 0 Å². The average molecular weight is 288 g/mol. The summed E-state index contributed by atoms with van der Waals surface area (Å²) in [5, 5.41) is 8.08. The molecule has 0 fully saturated rings. The van der Waals surface area contributed by atoms with Gasteiger partial charge in [-0.1, -0.05) is 30.3 Å². The Morgan fingerprint density at radius 3 is 2.60 bits per heavy atom. The van der Waals surface area contributed by atoms with Crippen LogP contribution in [0.15, 0.2) is 41.8 Å². The Morgan fingerprint density at radius 2 is 2.00 bits per heavy atom. The number of carbonyl (C=O) groups excluding carboxylic acids is 1. The molecule has 20 heavy (non-hydrogen) atoms. The average Bonchev–Trinajstić information content (AvgIpc) is 2.86. The number of carbonyl (C=O) groups is 1. The normalized spacial score (nSPS) is 12.1. The molecule has 1 unspecified atom stereocenters. The smallest absolute Gasteiger partial charge is 0.234 e. The zero-order valence-corrected chi connectivity index (χ0v) is 12.7. The summed E-state index contributed by atoms with van der Waals surface area (Å²) in [5.41, 5.74) is 2.47. The van der Waals surface area contributed by atoms with Crippen molar-refractivity contribution in [1.82, 2.24) is 10.6 Å². The highest BCUT2D eigenvalue weighted by Crippen LogP contribution is 2.26. The van der Waals surface area contributed by atoms with Crippen LogP contribution in [-0.4, -0.2) is 19.5 Å². The quantitative estimate of drug-likeness (QED) is 0.858. The Hall–Kier alpha value is -1.65. The third kappa shape index (κ3) is 3.92. The molecule has 0 spiro atoms. The van der Waals surface area contributed by atoms with Gasteiger partial charge in [0, 0.05) is 4.88 Å². The number of aryl methyl sites for hydroxylation is 1. The standard InChI is InChI=1S/C16H20N2OS/c1-12-8-9-20-16(12)14(18-15(19)11-17-2)10-13-6-4-3-5-7-13/h3-9,14,17H,10-11H2,1-2H3,(H,18,19). The fourth-order valence-electron chi connectivity index (χ4n) is 2.21. The van der Waals surface area contributed by atoms with Gasteiger partial charge in [0.15, 0.2) is 0 Å². The summed E-state index contributed by atoms with van der Waals surface area (Å²) in [6.45, 7) is 2.43. The molecule has 3 nitrogen and oxygen atoms in total. The van der Waals surface area contributed by atoms with Gasteiger partial charge in [0.1, 0.15) is 0 Å². The monoisotopic (exact) mass is 288 g/mol. The van der Waals surface area contributed by atoms with Crippen LogP contribution in [0.25, 0.3) is 0 Å². The lowest BCUT2D eigenvalue weighted by Gasteiger charge is -2.19. The summed E-state index contributed by atoms with van der Waals surface area (Å²) < 4.78 is 0. The molecule has 1 amide bonds. The van der Waals surface area contributed by atoms with Crippen LogP contribution in [0.3, 0.4) is 0 Å². The highest BCUT2D eigenvalue weighted by Gasteiger charge is 2.18. The van der Waals surface area contributed by atoms with E-state index >= 15 is 0 Å². The number of nitrogens with one attached hydrogen (secondary N) is 2. The van der Waals surface area contributed by atoms with Crippen molar-refractivity contribution < 1.29 is 4.79 Å². The number of rotatable bonds is 6. The number of thiophene rings is 1. The minimum absolute atomic E-state index is 0.0289. The van der Waals surface area contributed by atoms with Gasteiger partial charge in [-0.15, -0.1) is 11.3 Å². The van der Waals surface area contributed by atoms with E-state index in [4.69, 9.17) is 0 Å². The molecular formula is C16H20N2OS. The van der Waals surface area contributed by atoms with Crippen LogP contribution < -0.4 is 10.6 Å². The lowest BCUT2D eigenvalue weighted by Crippen LogP contribution is -2.35. The maximum atomic E-state index is 11.9. The van der Waals surface area contributed by atoms with Crippen LogP contribution >= 0.6 is 11.3 Å². The van der Waals surface area contributed by atoms with Crippen molar-refractivity contribution in [2.45, 2.75) is 19.4 Å². The lowest BCUT2D eigenvalue weighted by atomic mass is 10.0. The molecule has 2 rings (SSSR count). The Labute approximate surface area is 124 Å². The Balaban J connectivity index is 2.16. The highest BCUT2D eigenvalue weighted by atomic mass is 32.1. The molecule has 1 aromatic carbocycles. The maximum Gasteiger partial charge on any atom is 0.234 e. The lowest BCUT2D eigenvalue weighted by molar-refractivity contribution is -0.120. The summed E-state index contributed by atoms with van der Waals surface area (Å²) >= 11 is 1.70. The Bertz CT molecular complexity index is 551. The molecule has 0 bridgehead atoms. The molecule has 2 N–H and O–H groups in total. The van der Waals surface area contributed by atoms with E-state index in [0.717, 1.165) is 6.42 Å². The van der Waals surface area contributed by atoms with E-state index in [2.05, 4.69) is 41.1 Å². The molecule has 0 aliphatic carbocycles. The van der Waals surface area contributed by atoms with Gasteiger partial charge in [-0.25, -0.2) is 0 Å². The molecule has 0 radical (unpaired) electrons. The van der Waals surface area contributed by atoms with Crippen LogP contribution in [0.2, 0.25) is 0 Å². The zero-order chi connectivity index (χ0) is 14.4. The number of hydrogen-bond acceptors (Lipinski definition) is 3. The molecule has 0 aliphatic heterocycles. The number of likely N-dealkylation sites (N-methyl/N-ethyl adjacent to an activating group) is 1. The first kappa shape index (κ1) is 14.8. The van der Waals surface area contributed by atoms with E-state index in [1.165, 1.54) is 16.0 Å². The molecule has 0 saturated heterocycles. The van der Waals surface area contributed by atoms with E-state index in [1.54, 1.807) is 18.4 Å². The fourth-order valence-corrected chi connectivity index (χ4v) is 3.19. The highest BCUT2D eigenvalue weighted by molar-refractivity contribution is 7.10. The Kier molecular flexibility index (Phi) is 5.32. The Morgan fingerprint density at radius 1 is 1.25 bits per heavy atom. The van der Waals surface area contributed by atoms with Gasteiger partial charge < -0.3 is 10.6 Å². The minimum Gasteiger partial charge on any atom is -0.347 e. The third-order valence-corrected chi connectivity index (χ3v) is 4.31. The largest absolute Gasteiger partial charge is 0.347 e. The number of amides is 1. The summed E-state index contributed by atoms with van der Waals surface area (Å²) in [4.78, 5) is 13.1. The van der Waals surface area contributed by atoms with Crippen LogP contribution in [-0.2, 0) is 11.2 Å². The van der Waals surface area contributed by atoms with Gasteiger partial charge in [-0.3, -0.25) is 4.79 Å². The van der Waals surface area contributed by atoms with Crippen molar-refractivity contribution in [2.75, 3.05) is 13.6 Å². The van der Waals surface area contributed by atoms with Crippen LogP contribution in [0.1, 0.15) is 22.0 Å². The molecule has 0 aliphatic rings. The minimum atomic E-state index is 0.0289. The number of benzene rings is 1. The second kappa shape index (κ2) is 7.22. The van der Waals surface area contributed by atoms with Crippen molar-refractivity contribution in [3.8, 4) is 0 Å². The first-order chi connectivity index (χ1) is 9.70. The molecular weight excluding hydrogens is 268 g/mol. The van der Waals surface area contributed by atoms with Crippen molar-refractivity contribution in [1.29, 1.82) is 0 Å². The predicted molar refractivity (Wildman–Crippen MR) is 84.0 cm³/mol. The summed E-state index contributed by atoms with van der Waals surface area (Å²) in [6, 6.07) is 12.4. The molecule has 1 aromatic heterocycles. The van der Waals surface area contributed by atoms with Gasteiger partial charge in [-0.05, 0) is 43.0 Å². The van der Waals surface area contributed by atoms with E-state index < -0.39 is 0 Å². The first-order valence-electron chi connectivity index (χ1n) is 6.72. The number of hydrogen-bond donors (Lipinski definition) is 2. The van der Waals surface area contributed by atoms with Crippen molar-refractivity contribution >= 4 is 17.2 Å². The van der Waals surface area contributed by atoms with E-state index in [0.29, 0.717) is 6.54 Å². The van der Waals surface area contributed by atoms with Crippen molar-refractivity contribution in [2.24, 2.45) is 0 Å². The van der Waals surface area contributed by atoms with Gasteiger partial charge >= 0.3 is 0 Å². The van der Waals surface area contributed by atoms with Crippen molar-refractivity contribution in [3.63, 3.8) is 0 Å². The van der Waals surface area contributed by atoms with Gasteiger partial charge in [0.25, 0.3) is 0 Å².